The average Bonchev–Trinajstić information content (AvgIpc) is 2.34. The van der Waals surface area contributed by atoms with Gasteiger partial charge in [0.05, 0.1) is 17.3 Å². The summed E-state index contributed by atoms with van der Waals surface area (Å²) in [5, 5.41) is 9.09. The van der Waals surface area contributed by atoms with Gasteiger partial charge >= 0.3 is 5.97 Å². The zero-order valence-corrected chi connectivity index (χ0v) is 11.4. The molecule has 0 aliphatic rings. The summed E-state index contributed by atoms with van der Waals surface area (Å²) in [7, 11) is -3.42. The fourth-order valence-corrected chi connectivity index (χ4v) is 2.59. The Kier molecular flexibility index (Phi) is 5.11. The lowest BCUT2D eigenvalue weighted by molar-refractivity contribution is -0.138. The van der Waals surface area contributed by atoms with Crippen LogP contribution in [0.4, 0.5) is 0 Å². The number of ether oxygens (including phenoxy) is 1. The summed E-state index contributed by atoms with van der Waals surface area (Å²) in [5.74, 6) is -0.641. The van der Waals surface area contributed by atoms with Crippen molar-refractivity contribution < 1.29 is 23.1 Å². The number of phenolic OH excluding ortho intramolecular Hbond substituents is 1. The number of esters is 1. The molecule has 1 aromatic carbocycles. The summed E-state index contributed by atoms with van der Waals surface area (Å²) < 4.78 is 28.6. The van der Waals surface area contributed by atoms with E-state index in [2.05, 4.69) is 6.58 Å². The highest BCUT2D eigenvalue weighted by Crippen LogP contribution is 2.16. The number of phenols is 1. The summed E-state index contributed by atoms with van der Waals surface area (Å²) >= 11 is 0. The fraction of sp³-hybridized carbons (Fsp3) is 0.308. The molecule has 0 spiro atoms. The summed E-state index contributed by atoms with van der Waals surface area (Å²) in [4.78, 5) is 11.2. The van der Waals surface area contributed by atoms with Crippen molar-refractivity contribution in [3.05, 3.63) is 36.4 Å². The molecular weight excluding hydrogens is 268 g/mol. The Morgan fingerprint density at radius 2 is 1.89 bits per heavy atom. The lowest BCUT2D eigenvalue weighted by atomic mass is 10.3. The normalized spacial score (nSPS) is 11.0. The molecule has 0 aliphatic heterocycles. The van der Waals surface area contributed by atoms with Crippen LogP contribution in [0.1, 0.15) is 13.3 Å². The Hall–Kier alpha value is -1.82. The number of carbonyl (C=O) groups is 1. The number of hydrogen-bond acceptors (Lipinski definition) is 5. The molecule has 0 saturated heterocycles. The van der Waals surface area contributed by atoms with E-state index in [1.165, 1.54) is 31.2 Å². The van der Waals surface area contributed by atoms with Crippen molar-refractivity contribution in [2.75, 3.05) is 12.4 Å². The van der Waals surface area contributed by atoms with Crippen LogP contribution in [-0.4, -0.2) is 31.9 Å². The molecular formula is C13H16O5S. The molecule has 1 aromatic rings. The molecule has 1 rings (SSSR count). The molecule has 0 unspecified atom stereocenters. The number of sulfone groups is 1. The van der Waals surface area contributed by atoms with E-state index < -0.39 is 15.8 Å². The molecule has 0 saturated carbocycles. The maximum Gasteiger partial charge on any atom is 0.333 e. The van der Waals surface area contributed by atoms with E-state index in [1.54, 1.807) is 0 Å². The molecule has 104 valence electrons. The van der Waals surface area contributed by atoms with Crippen LogP contribution in [0.3, 0.4) is 0 Å². The van der Waals surface area contributed by atoms with Gasteiger partial charge in [-0.05, 0) is 37.6 Å². The maximum atomic E-state index is 11.9. The third kappa shape index (κ3) is 4.75. The molecule has 6 heteroatoms. The molecule has 0 amide bonds. The predicted octanol–water partition coefficient (Wildman–Crippen LogP) is 1.68. The zero-order chi connectivity index (χ0) is 14.5. The summed E-state index contributed by atoms with van der Waals surface area (Å²) in [6.07, 6.45) is 0.211. The van der Waals surface area contributed by atoms with Crippen molar-refractivity contribution in [2.24, 2.45) is 0 Å². The van der Waals surface area contributed by atoms with Crippen molar-refractivity contribution in [1.82, 2.24) is 0 Å². The standard InChI is InChI=1S/C13H16O5S/c1-10(2)13(15)18-8-3-9-19(16,17)12-6-4-11(14)5-7-12/h4-7,14H,1,3,8-9H2,2H3. The van der Waals surface area contributed by atoms with Crippen molar-refractivity contribution >= 4 is 15.8 Å². The first-order valence-electron chi connectivity index (χ1n) is 5.67. The molecule has 1 N–H and O–H groups in total. The monoisotopic (exact) mass is 284 g/mol. The fourth-order valence-electron chi connectivity index (χ4n) is 1.31. The SMILES string of the molecule is C=C(C)C(=O)OCCCS(=O)(=O)c1ccc(O)cc1. The number of benzene rings is 1. The maximum absolute atomic E-state index is 11.9. The minimum absolute atomic E-state index is 0.00865. The van der Waals surface area contributed by atoms with Crippen LogP contribution in [0.15, 0.2) is 41.3 Å². The first kappa shape index (κ1) is 15.2. The van der Waals surface area contributed by atoms with Crippen LogP contribution in [-0.2, 0) is 19.4 Å². The number of hydrogen-bond donors (Lipinski definition) is 1. The van der Waals surface area contributed by atoms with Crippen LogP contribution >= 0.6 is 0 Å². The molecule has 0 aromatic heterocycles. The highest BCUT2D eigenvalue weighted by Gasteiger charge is 2.14. The second-order valence-electron chi connectivity index (χ2n) is 4.08. The largest absolute Gasteiger partial charge is 0.508 e. The summed E-state index contributed by atoms with van der Waals surface area (Å²) in [6.45, 7) is 4.98. The van der Waals surface area contributed by atoms with Crippen LogP contribution in [0, 0.1) is 0 Å². The second kappa shape index (κ2) is 6.38. The van der Waals surface area contributed by atoms with Gasteiger partial charge in [-0.1, -0.05) is 6.58 Å². The minimum Gasteiger partial charge on any atom is -0.508 e. The van der Waals surface area contributed by atoms with E-state index >= 15 is 0 Å². The predicted molar refractivity (Wildman–Crippen MR) is 70.5 cm³/mol. The van der Waals surface area contributed by atoms with Crippen LogP contribution in [0.25, 0.3) is 0 Å². The van der Waals surface area contributed by atoms with Gasteiger partial charge in [-0.25, -0.2) is 13.2 Å². The van der Waals surface area contributed by atoms with Gasteiger partial charge in [0, 0.05) is 5.57 Å². The first-order valence-corrected chi connectivity index (χ1v) is 7.32. The van der Waals surface area contributed by atoms with E-state index in [-0.39, 0.29) is 35.0 Å². The van der Waals surface area contributed by atoms with Gasteiger partial charge in [-0.3, -0.25) is 0 Å². The minimum atomic E-state index is -3.42. The molecule has 0 heterocycles. The topological polar surface area (TPSA) is 80.7 Å². The Morgan fingerprint density at radius 1 is 1.32 bits per heavy atom. The van der Waals surface area contributed by atoms with Gasteiger partial charge in [0.15, 0.2) is 9.84 Å². The average molecular weight is 284 g/mol. The van der Waals surface area contributed by atoms with Gasteiger partial charge < -0.3 is 9.84 Å². The third-order valence-corrected chi connectivity index (χ3v) is 4.15. The second-order valence-corrected chi connectivity index (χ2v) is 6.19. The highest BCUT2D eigenvalue weighted by atomic mass is 32.2. The molecule has 0 bridgehead atoms. The quantitative estimate of drug-likeness (QED) is 0.488. The van der Waals surface area contributed by atoms with E-state index in [0.29, 0.717) is 0 Å². The van der Waals surface area contributed by atoms with E-state index in [4.69, 9.17) is 9.84 Å². The Labute approximate surface area is 112 Å². The number of rotatable bonds is 6. The molecule has 19 heavy (non-hydrogen) atoms. The Balaban J connectivity index is 2.50. The smallest absolute Gasteiger partial charge is 0.333 e. The first-order chi connectivity index (χ1) is 8.83. The van der Waals surface area contributed by atoms with Crippen LogP contribution in [0.2, 0.25) is 0 Å². The zero-order valence-electron chi connectivity index (χ0n) is 10.6. The van der Waals surface area contributed by atoms with Crippen molar-refractivity contribution in [2.45, 2.75) is 18.2 Å². The Morgan fingerprint density at radius 3 is 2.42 bits per heavy atom. The summed E-state index contributed by atoms with van der Waals surface area (Å²) in [5.41, 5.74) is 0.279. The van der Waals surface area contributed by atoms with Gasteiger partial charge in [-0.2, -0.15) is 0 Å². The van der Waals surface area contributed by atoms with E-state index in [1.807, 2.05) is 0 Å². The number of carbonyl (C=O) groups excluding carboxylic acids is 1. The van der Waals surface area contributed by atoms with Crippen LogP contribution < -0.4 is 0 Å². The van der Waals surface area contributed by atoms with Gasteiger partial charge in [0.25, 0.3) is 0 Å². The summed E-state index contributed by atoms with van der Waals surface area (Å²) in [6, 6.07) is 5.30. The molecule has 0 aliphatic carbocycles. The van der Waals surface area contributed by atoms with Crippen LogP contribution in [0.5, 0.6) is 5.75 Å². The molecule has 5 nitrogen and oxygen atoms in total. The van der Waals surface area contributed by atoms with Gasteiger partial charge in [0.1, 0.15) is 5.75 Å². The van der Waals surface area contributed by atoms with Gasteiger partial charge in [0.2, 0.25) is 0 Å². The van der Waals surface area contributed by atoms with Crippen molar-refractivity contribution in [3.8, 4) is 5.75 Å². The lowest BCUT2D eigenvalue weighted by Gasteiger charge is -2.06. The van der Waals surface area contributed by atoms with Crippen molar-refractivity contribution in [3.63, 3.8) is 0 Å². The highest BCUT2D eigenvalue weighted by molar-refractivity contribution is 7.91. The van der Waals surface area contributed by atoms with E-state index in [9.17, 15) is 13.2 Å². The van der Waals surface area contributed by atoms with Crippen molar-refractivity contribution in [1.29, 1.82) is 0 Å². The molecule has 0 radical (unpaired) electrons. The third-order valence-electron chi connectivity index (χ3n) is 2.33. The van der Waals surface area contributed by atoms with E-state index in [0.717, 1.165) is 0 Å². The molecule has 0 atom stereocenters. The lowest BCUT2D eigenvalue weighted by Crippen LogP contribution is -2.12. The molecule has 0 fully saturated rings. The van der Waals surface area contributed by atoms with Gasteiger partial charge in [-0.15, -0.1) is 0 Å². The number of aromatic hydroxyl groups is 1. The Bertz CT molecular complexity index is 557.